The van der Waals surface area contributed by atoms with E-state index < -0.39 is 0 Å². The second-order valence-corrected chi connectivity index (χ2v) is 5.93. The minimum atomic E-state index is 0.00903. The first kappa shape index (κ1) is 13.6. The predicted molar refractivity (Wildman–Crippen MR) is 78.8 cm³/mol. The Kier molecular flexibility index (Phi) is 3.81. The maximum absolute atomic E-state index is 12.6. The number of hydrogen-bond donors (Lipinski definition) is 1. The number of halogens is 1. The molecule has 108 valence electrons. The number of carbonyl (C=O) groups excluding carboxylic acids is 1. The zero-order valence-corrected chi connectivity index (χ0v) is 12.1. The van der Waals surface area contributed by atoms with Gasteiger partial charge in [-0.15, -0.1) is 0 Å². The second-order valence-electron chi connectivity index (χ2n) is 5.54. The number of nitrogens with zero attached hydrogens (tertiary/aromatic N) is 3. The highest BCUT2D eigenvalue weighted by Crippen LogP contribution is 2.23. The molecule has 0 aliphatic carbocycles. The van der Waals surface area contributed by atoms with Crippen molar-refractivity contribution in [3.05, 3.63) is 22.8 Å². The van der Waals surface area contributed by atoms with Crippen molar-refractivity contribution in [1.82, 2.24) is 14.8 Å². The highest BCUT2D eigenvalue weighted by Gasteiger charge is 2.30. The van der Waals surface area contributed by atoms with Gasteiger partial charge in [0.25, 0.3) is 5.91 Å². The van der Waals surface area contributed by atoms with Gasteiger partial charge in [-0.2, -0.15) is 0 Å². The first-order valence-corrected chi connectivity index (χ1v) is 7.47. The minimum absolute atomic E-state index is 0.00903. The van der Waals surface area contributed by atoms with Crippen LogP contribution in [0.3, 0.4) is 0 Å². The maximum atomic E-state index is 12.6. The average Bonchev–Trinajstić information content (AvgIpc) is 2.74. The molecule has 0 radical (unpaired) electrons. The molecule has 0 spiro atoms. The molecule has 3 rings (SSSR count). The molecule has 2 fully saturated rings. The van der Waals surface area contributed by atoms with Gasteiger partial charge in [0.2, 0.25) is 0 Å². The lowest BCUT2D eigenvalue weighted by Crippen LogP contribution is -2.39. The summed E-state index contributed by atoms with van der Waals surface area (Å²) in [5, 5.41) is 0.269. The Labute approximate surface area is 123 Å². The number of hydrogen-bond acceptors (Lipinski definition) is 4. The van der Waals surface area contributed by atoms with Gasteiger partial charge in [0.05, 0.1) is 0 Å². The molecule has 1 atom stereocenters. The Hall–Kier alpha value is -1.33. The number of anilines is 1. The normalized spacial score (nSPS) is 23.4. The van der Waals surface area contributed by atoms with Gasteiger partial charge in [-0.25, -0.2) is 4.98 Å². The molecular formula is C14H19ClN4O. The third-order valence-corrected chi connectivity index (χ3v) is 4.35. The second kappa shape index (κ2) is 5.58. The van der Waals surface area contributed by atoms with Crippen LogP contribution in [0.25, 0.3) is 0 Å². The highest BCUT2D eigenvalue weighted by atomic mass is 35.5. The van der Waals surface area contributed by atoms with Crippen molar-refractivity contribution in [2.45, 2.75) is 25.3 Å². The van der Waals surface area contributed by atoms with E-state index in [0.717, 1.165) is 26.1 Å². The van der Waals surface area contributed by atoms with Crippen molar-refractivity contribution < 1.29 is 4.79 Å². The molecule has 1 unspecified atom stereocenters. The summed E-state index contributed by atoms with van der Waals surface area (Å²) in [7, 11) is 0. The first-order chi connectivity index (χ1) is 9.63. The van der Waals surface area contributed by atoms with Crippen LogP contribution in [0.2, 0.25) is 5.15 Å². The highest BCUT2D eigenvalue weighted by molar-refractivity contribution is 6.29. The van der Waals surface area contributed by atoms with E-state index in [1.165, 1.54) is 19.4 Å². The first-order valence-electron chi connectivity index (χ1n) is 7.10. The Morgan fingerprint density at radius 3 is 2.90 bits per heavy atom. The molecule has 2 aliphatic heterocycles. The third kappa shape index (κ3) is 2.74. The molecule has 3 heterocycles. The van der Waals surface area contributed by atoms with Gasteiger partial charge >= 0.3 is 0 Å². The van der Waals surface area contributed by atoms with Gasteiger partial charge in [-0.1, -0.05) is 11.6 Å². The number of nitrogen functional groups attached to an aromatic ring is 1. The number of nitrogens with two attached hydrogens (primary N) is 1. The van der Waals surface area contributed by atoms with Gasteiger partial charge in [0, 0.05) is 31.2 Å². The van der Waals surface area contributed by atoms with E-state index in [4.69, 9.17) is 17.3 Å². The standard InChI is InChI=1S/C14H19ClN4O/c15-12-7-10(8-13(16)17-12)14(20)19-6-2-5-18-4-1-3-11(18)9-19/h7-8,11H,1-6,9H2,(H2,16,17). The number of amides is 1. The molecule has 1 aromatic heterocycles. The Morgan fingerprint density at radius 1 is 1.30 bits per heavy atom. The van der Waals surface area contributed by atoms with Crippen molar-refractivity contribution in [2.75, 3.05) is 31.9 Å². The molecule has 6 heteroatoms. The predicted octanol–water partition coefficient (Wildman–Crippen LogP) is 1.63. The third-order valence-electron chi connectivity index (χ3n) is 4.15. The molecular weight excluding hydrogens is 276 g/mol. The summed E-state index contributed by atoms with van der Waals surface area (Å²) in [5.41, 5.74) is 6.20. The fourth-order valence-corrected chi connectivity index (χ4v) is 3.43. The van der Waals surface area contributed by atoms with Crippen LogP contribution in [-0.4, -0.2) is 52.9 Å². The summed E-state index contributed by atoms with van der Waals surface area (Å²) in [6.45, 7) is 3.86. The summed E-state index contributed by atoms with van der Waals surface area (Å²) in [5.74, 6) is 0.299. The van der Waals surface area contributed by atoms with E-state index in [1.54, 1.807) is 12.1 Å². The van der Waals surface area contributed by atoms with E-state index >= 15 is 0 Å². The van der Waals surface area contributed by atoms with Crippen LogP contribution >= 0.6 is 11.6 Å². The van der Waals surface area contributed by atoms with Crippen LogP contribution in [0.15, 0.2) is 12.1 Å². The number of pyridine rings is 1. The quantitative estimate of drug-likeness (QED) is 0.800. The molecule has 2 saturated heterocycles. The van der Waals surface area contributed by atoms with Crippen molar-refractivity contribution in [3.8, 4) is 0 Å². The van der Waals surface area contributed by atoms with Gasteiger partial charge in [0.1, 0.15) is 11.0 Å². The topological polar surface area (TPSA) is 62.5 Å². The fourth-order valence-electron chi connectivity index (χ4n) is 3.21. The molecule has 0 aromatic carbocycles. The lowest BCUT2D eigenvalue weighted by Gasteiger charge is -2.25. The van der Waals surface area contributed by atoms with Crippen LogP contribution in [0, 0.1) is 0 Å². The Bertz CT molecular complexity index is 502. The molecule has 5 nitrogen and oxygen atoms in total. The van der Waals surface area contributed by atoms with E-state index in [2.05, 4.69) is 9.88 Å². The van der Waals surface area contributed by atoms with Crippen LogP contribution in [0.4, 0.5) is 5.82 Å². The molecule has 1 amide bonds. The summed E-state index contributed by atoms with van der Waals surface area (Å²) in [4.78, 5) is 20.9. The Balaban J connectivity index is 1.78. The monoisotopic (exact) mass is 294 g/mol. The zero-order valence-electron chi connectivity index (χ0n) is 11.4. The molecule has 0 saturated carbocycles. The van der Waals surface area contributed by atoms with Crippen molar-refractivity contribution in [3.63, 3.8) is 0 Å². The smallest absolute Gasteiger partial charge is 0.254 e. The zero-order chi connectivity index (χ0) is 14.1. The van der Waals surface area contributed by atoms with Crippen LogP contribution in [0.5, 0.6) is 0 Å². The fraction of sp³-hybridized carbons (Fsp3) is 0.571. The molecule has 1 aromatic rings. The summed E-state index contributed by atoms with van der Waals surface area (Å²) >= 11 is 5.88. The molecule has 20 heavy (non-hydrogen) atoms. The largest absolute Gasteiger partial charge is 0.384 e. The van der Waals surface area contributed by atoms with Crippen molar-refractivity contribution in [1.29, 1.82) is 0 Å². The van der Waals surface area contributed by atoms with Crippen LogP contribution < -0.4 is 5.73 Å². The molecule has 2 aliphatic rings. The average molecular weight is 295 g/mol. The van der Waals surface area contributed by atoms with Crippen molar-refractivity contribution in [2.24, 2.45) is 0 Å². The van der Waals surface area contributed by atoms with E-state index in [0.29, 0.717) is 11.6 Å². The van der Waals surface area contributed by atoms with Gasteiger partial charge in [-0.05, 0) is 37.9 Å². The number of rotatable bonds is 1. The minimum Gasteiger partial charge on any atom is -0.384 e. The van der Waals surface area contributed by atoms with Crippen LogP contribution in [0.1, 0.15) is 29.6 Å². The van der Waals surface area contributed by atoms with E-state index in [9.17, 15) is 4.79 Å². The Morgan fingerprint density at radius 2 is 2.10 bits per heavy atom. The summed E-state index contributed by atoms with van der Waals surface area (Å²) < 4.78 is 0. The number of carbonyl (C=O) groups is 1. The maximum Gasteiger partial charge on any atom is 0.254 e. The molecule has 0 bridgehead atoms. The summed E-state index contributed by atoms with van der Waals surface area (Å²) in [6.07, 6.45) is 3.44. The van der Waals surface area contributed by atoms with E-state index in [1.807, 2.05) is 4.90 Å². The van der Waals surface area contributed by atoms with Gasteiger partial charge in [0.15, 0.2) is 0 Å². The van der Waals surface area contributed by atoms with E-state index in [-0.39, 0.29) is 16.9 Å². The number of aromatic nitrogens is 1. The summed E-state index contributed by atoms with van der Waals surface area (Å²) in [6, 6.07) is 3.71. The SMILES string of the molecule is Nc1cc(C(=O)N2CCCN3CCCC3C2)cc(Cl)n1. The lowest BCUT2D eigenvalue weighted by molar-refractivity contribution is 0.0743. The lowest BCUT2D eigenvalue weighted by atomic mass is 10.2. The van der Waals surface area contributed by atoms with Gasteiger partial charge in [-0.3, -0.25) is 9.69 Å². The van der Waals surface area contributed by atoms with Gasteiger partial charge < -0.3 is 10.6 Å². The number of fused-ring (bicyclic) bond motifs is 1. The molecule has 2 N–H and O–H groups in total. The van der Waals surface area contributed by atoms with Crippen molar-refractivity contribution >= 4 is 23.3 Å². The van der Waals surface area contributed by atoms with Crippen LogP contribution in [-0.2, 0) is 0 Å².